The van der Waals surface area contributed by atoms with E-state index in [1.165, 1.54) is 37.3 Å². The molecule has 136 valence electrons. The van der Waals surface area contributed by atoms with Crippen LogP contribution in [0.3, 0.4) is 0 Å². The molecule has 3 aromatic heterocycles. The fourth-order valence-corrected chi connectivity index (χ4v) is 3.89. The van der Waals surface area contributed by atoms with E-state index in [0.29, 0.717) is 5.92 Å². The van der Waals surface area contributed by atoms with Gasteiger partial charge in [-0.05, 0) is 63.0 Å². The molecule has 0 aliphatic carbocycles. The zero-order valence-corrected chi connectivity index (χ0v) is 15.7. The number of imidazole rings is 1. The number of piperidine rings is 1. The summed E-state index contributed by atoms with van der Waals surface area (Å²) in [6.07, 6.45) is 10.3. The van der Waals surface area contributed by atoms with Gasteiger partial charge in [-0.1, -0.05) is 0 Å². The van der Waals surface area contributed by atoms with Gasteiger partial charge in [-0.25, -0.2) is 4.98 Å². The number of hydrogen-bond acceptors (Lipinski definition) is 3. The lowest BCUT2D eigenvalue weighted by Crippen LogP contribution is -2.35. The van der Waals surface area contributed by atoms with Crippen molar-refractivity contribution in [1.82, 2.24) is 24.0 Å². The molecule has 0 bridgehead atoms. The topological polar surface area (TPSA) is 38.9 Å². The van der Waals surface area contributed by atoms with Crippen LogP contribution in [0.5, 0.6) is 0 Å². The molecule has 5 nitrogen and oxygen atoms in total. The first-order chi connectivity index (χ1) is 12.7. The van der Waals surface area contributed by atoms with Gasteiger partial charge in [0, 0.05) is 61.9 Å². The van der Waals surface area contributed by atoms with Gasteiger partial charge in [0.15, 0.2) is 0 Å². The molecule has 1 saturated heterocycles. The highest BCUT2D eigenvalue weighted by Gasteiger charge is 2.22. The van der Waals surface area contributed by atoms with E-state index < -0.39 is 0 Å². The first-order valence-corrected chi connectivity index (χ1v) is 9.46. The summed E-state index contributed by atoms with van der Waals surface area (Å²) in [4.78, 5) is 11.5. The predicted molar refractivity (Wildman–Crippen MR) is 104 cm³/mol. The van der Waals surface area contributed by atoms with Crippen molar-refractivity contribution in [2.45, 2.75) is 32.9 Å². The molecule has 4 rings (SSSR count). The second-order valence-electron chi connectivity index (χ2n) is 7.41. The van der Waals surface area contributed by atoms with E-state index in [2.05, 4.69) is 62.4 Å². The monoisotopic (exact) mass is 349 g/mol. The maximum absolute atomic E-state index is 4.64. The van der Waals surface area contributed by atoms with Crippen molar-refractivity contribution in [3.05, 3.63) is 60.4 Å². The maximum Gasteiger partial charge on any atom is 0.141 e. The average molecular weight is 349 g/mol. The van der Waals surface area contributed by atoms with Gasteiger partial charge in [0.05, 0.1) is 0 Å². The molecule has 1 fully saturated rings. The summed E-state index contributed by atoms with van der Waals surface area (Å²) in [5.74, 6) is 1.75. The van der Waals surface area contributed by atoms with Crippen LogP contribution in [-0.2, 0) is 20.1 Å². The summed E-state index contributed by atoms with van der Waals surface area (Å²) >= 11 is 0. The molecule has 26 heavy (non-hydrogen) atoms. The first kappa shape index (κ1) is 17.0. The van der Waals surface area contributed by atoms with Gasteiger partial charge in [-0.3, -0.25) is 9.88 Å². The van der Waals surface area contributed by atoms with Crippen LogP contribution in [-0.4, -0.2) is 37.1 Å². The Morgan fingerprint density at radius 1 is 1.12 bits per heavy atom. The van der Waals surface area contributed by atoms with Gasteiger partial charge in [-0.2, -0.15) is 0 Å². The van der Waals surface area contributed by atoms with Crippen molar-refractivity contribution < 1.29 is 0 Å². The lowest BCUT2D eigenvalue weighted by Gasteiger charge is -2.32. The molecule has 0 N–H and O–H groups in total. The van der Waals surface area contributed by atoms with E-state index in [1.54, 1.807) is 0 Å². The highest BCUT2D eigenvalue weighted by atomic mass is 15.2. The number of likely N-dealkylation sites (tertiary alicyclic amines) is 1. The summed E-state index contributed by atoms with van der Waals surface area (Å²) < 4.78 is 4.59. The molecule has 0 amide bonds. The van der Waals surface area contributed by atoms with Gasteiger partial charge >= 0.3 is 0 Å². The van der Waals surface area contributed by atoms with E-state index in [1.807, 2.05) is 24.7 Å². The van der Waals surface area contributed by atoms with Crippen molar-refractivity contribution >= 4 is 0 Å². The van der Waals surface area contributed by atoms with Crippen LogP contribution in [0.25, 0.3) is 11.4 Å². The molecule has 3 aromatic rings. The largest absolute Gasteiger partial charge is 0.353 e. The number of aryl methyl sites for hydroxylation is 2. The number of aromatic nitrogens is 4. The number of hydrogen-bond donors (Lipinski definition) is 0. The molecule has 0 radical (unpaired) electrons. The predicted octanol–water partition coefficient (Wildman–Crippen LogP) is 3.50. The van der Waals surface area contributed by atoms with Crippen molar-refractivity contribution in [3.63, 3.8) is 0 Å². The zero-order chi connectivity index (χ0) is 17.9. The van der Waals surface area contributed by atoms with Crippen molar-refractivity contribution in [2.24, 2.45) is 13.0 Å². The van der Waals surface area contributed by atoms with Crippen LogP contribution in [0, 0.1) is 12.8 Å². The Labute approximate surface area is 155 Å². The molecule has 0 saturated carbocycles. The normalized spacial score (nSPS) is 16.2. The zero-order valence-electron chi connectivity index (χ0n) is 15.7. The van der Waals surface area contributed by atoms with Gasteiger partial charge in [0.2, 0.25) is 0 Å². The third kappa shape index (κ3) is 3.58. The smallest absolute Gasteiger partial charge is 0.141 e. The molecular formula is C21H27N5. The van der Waals surface area contributed by atoms with E-state index in [-0.39, 0.29) is 0 Å². The standard InChI is InChI=1S/C21H27N5/c1-17-13-23-21(19-5-3-9-22-14-19)26(17)15-18-7-11-25(12-8-18)16-20-6-4-10-24(20)2/h3-6,9-10,13-14,18H,7-8,11-12,15-16H2,1-2H3. The summed E-state index contributed by atoms with van der Waals surface area (Å²) in [7, 11) is 2.13. The number of rotatable bonds is 5. The third-order valence-electron chi connectivity index (χ3n) is 5.56. The fourth-order valence-electron chi connectivity index (χ4n) is 3.89. The second-order valence-corrected chi connectivity index (χ2v) is 7.41. The quantitative estimate of drug-likeness (QED) is 0.708. The Hall–Kier alpha value is -2.40. The Kier molecular flexibility index (Phi) is 4.89. The van der Waals surface area contributed by atoms with Crippen LogP contribution in [0.15, 0.2) is 49.1 Å². The minimum absolute atomic E-state index is 0.711. The molecule has 0 atom stereocenters. The highest BCUT2D eigenvalue weighted by Crippen LogP contribution is 2.25. The Morgan fingerprint density at radius 2 is 1.96 bits per heavy atom. The van der Waals surface area contributed by atoms with E-state index >= 15 is 0 Å². The summed E-state index contributed by atoms with van der Waals surface area (Å²) in [5, 5.41) is 0. The Morgan fingerprint density at radius 3 is 2.65 bits per heavy atom. The van der Waals surface area contributed by atoms with Crippen molar-refractivity contribution in [1.29, 1.82) is 0 Å². The fraction of sp³-hybridized carbons (Fsp3) is 0.429. The molecule has 0 aromatic carbocycles. The molecule has 0 spiro atoms. The molecule has 1 aliphatic rings. The van der Waals surface area contributed by atoms with Gasteiger partial charge in [0.1, 0.15) is 5.82 Å². The van der Waals surface area contributed by atoms with Crippen LogP contribution in [0.2, 0.25) is 0 Å². The molecule has 0 unspecified atom stereocenters. The van der Waals surface area contributed by atoms with E-state index in [9.17, 15) is 0 Å². The first-order valence-electron chi connectivity index (χ1n) is 9.46. The van der Waals surface area contributed by atoms with E-state index in [4.69, 9.17) is 0 Å². The van der Waals surface area contributed by atoms with Gasteiger partial charge < -0.3 is 9.13 Å². The van der Waals surface area contributed by atoms with E-state index in [0.717, 1.165) is 24.5 Å². The van der Waals surface area contributed by atoms with Crippen LogP contribution in [0.4, 0.5) is 0 Å². The van der Waals surface area contributed by atoms with Crippen LogP contribution < -0.4 is 0 Å². The Balaban J connectivity index is 1.39. The molecule has 4 heterocycles. The van der Waals surface area contributed by atoms with Crippen LogP contribution >= 0.6 is 0 Å². The SMILES string of the molecule is Cc1cnc(-c2cccnc2)n1CC1CCN(Cc2cccn2C)CC1. The maximum atomic E-state index is 4.64. The minimum Gasteiger partial charge on any atom is -0.353 e. The lowest BCUT2D eigenvalue weighted by molar-refractivity contribution is 0.164. The summed E-state index contributed by atoms with van der Waals surface area (Å²) in [5.41, 5.74) is 3.73. The third-order valence-corrected chi connectivity index (χ3v) is 5.56. The van der Waals surface area contributed by atoms with Gasteiger partial charge in [0.25, 0.3) is 0 Å². The number of nitrogens with zero attached hydrogens (tertiary/aromatic N) is 5. The second kappa shape index (κ2) is 7.46. The average Bonchev–Trinajstić information content (AvgIpc) is 3.24. The van der Waals surface area contributed by atoms with Crippen molar-refractivity contribution in [3.8, 4) is 11.4 Å². The Bertz CT molecular complexity index is 840. The lowest BCUT2D eigenvalue weighted by atomic mass is 9.96. The molecule has 5 heteroatoms. The summed E-state index contributed by atoms with van der Waals surface area (Å²) in [6.45, 7) is 6.60. The highest BCUT2D eigenvalue weighted by molar-refractivity contribution is 5.54. The van der Waals surface area contributed by atoms with Gasteiger partial charge in [-0.15, -0.1) is 0 Å². The van der Waals surface area contributed by atoms with Crippen LogP contribution in [0.1, 0.15) is 24.2 Å². The summed E-state index contributed by atoms with van der Waals surface area (Å²) in [6, 6.07) is 8.42. The van der Waals surface area contributed by atoms with Crippen molar-refractivity contribution in [2.75, 3.05) is 13.1 Å². The molecular weight excluding hydrogens is 322 g/mol. The molecule has 1 aliphatic heterocycles. The number of pyridine rings is 1. The minimum atomic E-state index is 0.711.